The molecule has 0 aliphatic heterocycles. The Hall–Kier alpha value is -3.05. The first kappa shape index (κ1) is 18.9. The molecule has 1 saturated carbocycles. The number of hydrogen-bond acceptors (Lipinski definition) is 7. The number of nitrogens with one attached hydrogen (secondary N) is 1. The molecule has 2 aromatic heterocycles. The minimum absolute atomic E-state index is 0.000574. The molecule has 11 heteroatoms. The van der Waals surface area contributed by atoms with Gasteiger partial charge in [0.1, 0.15) is 17.0 Å². The van der Waals surface area contributed by atoms with Crippen LogP contribution in [0.25, 0.3) is 11.1 Å². The second kappa shape index (κ2) is 7.03. The van der Waals surface area contributed by atoms with Gasteiger partial charge in [0, 0.05) is 23.7 Å². The molecule has 1 unspecified atom stereocenters. The van der Waals surface area contributed by atoms with Gasteiger partial charge >= 0.3 is 5.76 Å². The van der Waals surface area contributed by atoms with Crippen LogP contribution in [0.15, 0.2) is 62.9 Å². The van der Waals surface area contributed by atoms with Gasteiger partial charge in [0.05, 0.1) is 11.6 Å². The summed E-state index contributed by atoms with van der Waals surface area (Å²) in [6, 6.07) is 11.2. The smallest absolute Gasteiger partial charge is 0.408 e. The van der Waals surface area contributed by atoms with E-state index in [1.54, 1.807) is 0 Å². The minimum atomic E-state index is -4.27. The zero-order chi connectivity index (χ0) is 20.9. The van der Waals surface area contributed by atoms with Crippen molar-refractivity contribution >= 4 is 37.8 Å². The first-order valence-electron chi connectivity index (χ1n) is 9.13. The highest BCUT2D eigenvalue weighted by Crippen LogP contribution is 2.44. The molecule has 1 aliphatic carbocycles. The molecule has 0 bridgehead atoms. The topological polar surface area (TPSA) is 107 Å². The Labute approximate surface area is 174 Å². The van der Waals surface area contributed by atoms with Gasteiger partial charge in [-0.3, -0.25) is 9.29 Å². The highest BCUT2D eigenvalue weighted by molar-refractivity contribution is 7.93. The van der Waals surface area contributed by atoms with Crippen LogP contribution < -0.4 is 10.5 Å². The molecule has 30 heavy (non-hydrogen) atoms. The van der Waals surface area contributed by atoms with E-state index in [1.165, 1.54) is 10.9 Å². The third-order valence-corrected chi connectivity index (χ3v) is 7.09. The van der Waals surface area contributed by atoms with Crippen molar-refractivity contribution in [1.29, 1.82) is 0 Å². The average Bonchev–Trinajstić information content (AvgIpc) is 3.33. The highest BCUT2D eigenvalue weighted by Gasteiger charge is 2.36. The molecule has 0 radical (unpaired) electrons. The predicted molar refractivity (Wildman–Crippen MR) is 108 cm³/mol. The minimum Gasteiger partial charge on any atom is -0.408 e. The van der Waals surface area contributed by atoms with E-state index >= 15 is 0 Å². The van der Waals surface area contributed by atoms with Crippen molar-refractivity contribution < 1.29 is 17.2 Å². The normalized spacial score (nSPS) is 15.4. The highest BCUT2D eigenvalue weighted by atomic mass is 32.2. The summed E-state index contributed by atoms with van der Waals surface area (Å²) in [7, 11) is -4.27. The van der Waals surface area contributed by atoms with E-state index in [-0.39, 0.29) is 28.2 Å². The number of benzene rings is 2. The lowest BCUT2D eigenvalue weighted by Gasteiger charge is -2.18. The lowest BCUT2D eigenvalue weighted by molar-refractivity contribution is 0.448. The predicted octanol–water partition coefficient (Wildman–Crippen LogP) is 3.39. The van der Waals surface area contributed by atoms with Gasteiger partial charge in [-0.2, -0.15) is 4.37 Å². The van der Waals surface area contributed by atoms with Gasteiger partial charge in [-0.1, -0.05) is 30.3 Å². The van der Waals surface area contributed by atoms with Gasteiger partial charge in [-0.05, 0) is 24.3 Å². The molecule has 5 rings (SSSR count). The van der Waals surface area contributed by atoms with E-state index in [0.29, 0.717) is 0 Å². The first-order chi connectivity index (χ1) is 14.4. The summed E-state index contributed by atoms with van der Waals surface area (Å²) in [6.07, 6.45) is 3.07. The maximum absolute atomic E-state index is 14.9. The van der Waals surface area contributed by atoms with Crippen LogP contribution in [0.1, 0.15) is 24.4 Å². The average molecular weight is 446 g/mol. The molecule has 4 aromatic rings. The van der Waals surface area contributed by atoms with Crippen LogP contribution in [0.5, 0.6) is 0 Å². The van der Waals surface area contributed by atoms with Crippen LogP contribution in [0, 0.1) is 11.7 Å². The number of anilines is 1. The number of aromatic nitrogens is 3. The maximum Gasteiger partial charge on any atom is 0.420 e. The van der Waals surface area contributed by atoms with E-state index in [1.807, 2.05) is 30.3 Å². The largest absolute Gasteiger partial charge is 0.420 e. The van der Waals surface area contributed by atoms with Crippen molar-refractivity contribution in [2.45, 2.75) is 23.8 Å². The second-order valence-electron chi connectivity index (χ2n) is 7.03. The zero-order valence-corrected chi connectivity index (χ0v) is 17.0. The number of halogens is 1. The Balaban J connectivity index is 1.64. The second-order valence-corrected chi connectivity index (χ2v) is 9.46. The van der Waals surface area contributed by atoms with Crippen molar-refractivity contribution in [3.05, 3.63) is 70.7 Å². The molecule has 0 amide bonds. The summed E-state index contributed by atoms with van der Waals surface area (Å²) < 4.78 is 52.7. The summed E-state index contributed by atoms with van der Waals surface area (Å²) in [5.41, 5.74) is 1.13. The van der Waals surface area contributed by atoms with Gasteiger partial charge in [-0.15, -0.1) is 0 Å². The standard InChI is InChI=1S/C19H15FN4O4S2/c20-13-8-14-15(9-16(13)30(26,27)23-18-21-10-22-29-18)28-19(25)24(14)17(12-6-7-12)11-4-2-1-3-5-11/h1-5,8-10,12,17H,6-7H2,(H,21,22,23). The monoisotopic (exact) mass is 446 g/mol. The molecule has 2 heterocycles. The number of oxazole rings is 1. The van der Waals surface area contributed by atoms with Crippen molar-refractivity contribution in [2.24, 2.45) is 5.92 Å². The van der Waals surface area contributed by atoms with Crippen LogP contribution in [0.4, 0.5) is 9.52 Å². The third-order valence-electron chi connectivity index (χ3n) is 5.03. The number of rotatable bonds is 6. The van der Waals surface area contributed by atoms with Gasteiger partial charge < -0.3 is 4.42 Å². The number of nitrogens with zero attached hydrogens (tertiary/aromatic N) is 3. The van der Waals surface area contributed by atoms with Crippen molar-refractivity contribution in [3.63, 3.8) is 0 Å². The van der Waals surface area contributed by atoms with Crippen LogP contribution in [-0.2, 0) is 10.0 Å². The number of hydrogen-bond donors (Lipinski definition) is 1. The molecule has 2 aromatic carbocycles. The molecule has 0 saturated heterocycles. The van der Waals surface area contributed by atoms with E-state index in [2.05, 4.69) is 14.1 Å². The van der Waals surface area contributed by atoms with Crippen molar-refractivity contribution in [2.75, 3.05) is 4.72 Å². The Bertz CT molecular complexity index is 1380. The van der Waals surface area contributed by atoms with E-state index in [9.17, 15) is 17.6 Å². The Morgan fingerprint density at radius 3 is 2.67 bits per heavy atom. The Morgan fingerprint density at radius 2 is 2.00 bits per heavy atom. The summed E-state index contributed by atoms with van der Waals surface area (Å²) in [6.45, 7) is 0. The lowest BCUT2D eigenvalue weighted by Crippen LogP contribution is -2.23. The molecule has 0 spiro atoms. The van der Waals surface area contributed by atoms with Crippen molar-refractivity contribution in [3.8, 4) is 0 Å². The molecule has 8 nitrogen and oxygen atoms in total. The van der Waals surface area contributed by atoms with Crippen LogP contribution in [-0.4, -0.2) is 22.3 Å². The van der Waals surface area contributed by atoms with Crippen LogP contribution >= 0.6 is 11.5 Å². The molecule has 154 valence electrons. The van der Waals surface area contributed by atoms with Crippen LogP contribution in [0.2, 0.25) is 0 Å². The SMILES string of the molecule is O=c1oc2cc(S(=O)(=O)Nc3ncns3)c(F)cc2n1C(c1ccccc1)C1CC1. The zero-order valence-electron chi connectivity index (χ0n) is 15.4. The fourth-order valence-electron chi connectivity index (χ4n) is 3.59. The fourth-order valence-corrected chi connectivity index (χ4v) is 5.32. The number of fused-ring (bicyclic) bond motifs is 1. The summed E-state index contributed by atoms with van der Waals surface area (Å²) in [4.78, 5) is 15.8. The molecule has 1 N–H and O–H groups in total. The third kappa shape index (κ3) is 3.29. The fraction of sp³-hybridized carbons (Fsp3) is 0.211. The summed E-state index contributed by atoms with van der Waals surface area (Å²) in [5.74, 6) is -1.41. The quantitative estimate of drug-likeness (QED) is 0.487. The molecule has 1 atom stereocenters. The molecule has 1 aliphatic rings. The first-order valence-corrected chi connectivity index (χ1v) is 11.4. The lowest BCUT2D eigenvalue weighted by atomic mass is 10.0. The number of sulfonamides is 1. The van der Waals surface area contributed by atoms with E-state index < -0.39 is 26.5 Å². The molecule has 1 fully saturated rings. The Kier molecular flexibility index (Phi) is 4.44. The summed E-state index contributed by atoms with van der Waals surface area (Å²) >= 11 is 0.821. The van der Waals surface area contributed by atoms with Crippen LogP contribution in [0.3, 0.4) is 0 Å². The van der Waals surface area contributed by atoms with E-state index in [4.69, 9.17) is 4.42 Å². The summed E-state index contributed by atoms with van der Waals surface area (Å²) in [5, 5.41) is 0.00592. The van der Waals surface area contributed by atoms with Gasteiger partial charge in [-0.25, -0.2) is 22.6 Å². The van der Waals surface area contributed by atoms with E-state index in [0.717, 1.165) is 42.1 Å². The molecular formula is C19H15FN4O4S2. The van der Waals surface area contributed by atoms with Gasteiger partial charge in [0.2, 0.25) is 5.13 Å². The molecular weight excluding hydrogens is 431 g/mol. The van der Waals surface area contributed by atoms with Crippen molar-refractivity contribution in [1.82, 2.24) is 13.9 Å². The van der Waals surface area contributed by atoms with Gasteiger partial charge in [0.15, 0.2) is 5.58 Å². The Morgan fingerprint density at radius 1 is 1.23 bits per heavy atom. The van der Waals surface area contributed by atoms with Gasteiger partial charge in [0.25, 0.3) is 10.0 Å². The maximum atomic E-state index is 14.9.